The van der Waals surface area contributed by atoms with Crippen LogP contribution in [0.4, 0.5) is 0 Å². The van der Waals surface area contributed by atoms with Crippen molar-refractivity contribution in [2.45, 2.75) is 80.1 Å². The summed E-state index contributed by atoms with van der Waals surface area (Å²) in [4.78, 5) is 9.26. The Hall–Kier alpha value is -0.660. The van der Waals surface area contributed by atoms with Gasteiger partial charge in [0, 0.05) is 24.5 Å². The fourth-order valence-electron chi connectivity index (χ4n) is 2.43. The Balaban J connectivity index is 3.49. The second-order valence-electron chi connectivity index (χ2n) is 6.84. The summed E-state index contributed by atoms with van der Waals surface area (Å²) in [6.45, 7) is 15.3. The van der Waals surface area contributed by atoms with Crippen molar-refractivity contribution < 1.29 is 0 Å². The molecule has 20 heavy (non-hydrogen) atoms. The Kier molecular flexibility index (Phi) is 11.7. The largest absolute Gasteiger partial charge is 0.294 e. The third kappa shape index (κ3) is 13.8. The van der Waals surface area contributed by atoms with Gasteiger partial charge in [-0.2, -0.15) is 0 Å². The highest BCUT2D eigenvalue weighted by Crippen LogP contribution is 2.05. The van der Waals surface area contributed by atoms with Crippen LogP contribution in [0.1, 0.15) is 80.1 Å². The van der Waals surface area contributed by atoms with Crippen LogP contribution in [0.3, 0.4) is 0 Å². The summed E-state index contributed by atoms with van der Waals surface area (Å²) in [5.74, 6) is 1.45. The van der Waals surface area contributed by atoms with Crippen molar-refractivity contribution in [3.05, 3.63) is 0 Å². The lowest BCUT2D eigenvalue weighted by Gasteiger charge is -2.05. The van der Waals surface area contributed by atoms with Crippen molar-refractivity contribution in [3.8, 4) is 0 Å². The maximum atomic E-state index is 4.63. The Morgan fingerprint density at radius 3 is 1.30 bits per heavy atom. The van der Waals surface area contributed by atoms with Crippen molar-refractivity contribution in [1.29, 1.82) is 0 Å². The van der Waals surface area contributed by atoms with E-state index in [0.717, 1.165) is 37.8 Å². The molecule has 0 N–H and O–H groups in total. The van der Waals surface area contributed by atoms with Crippen LogP contribution in [0.25, 0.3) is 0 Å². The second-order valence-corrected chi connectivity index (χ2v) is 6.84. The van der Waals surface area contributed by atoms with Crippen LogP contribution in [-0.2, 0) is 0 Å². The first-order valence-electron chi connectivity index (χ1n) is 8.41. The molecule has 0 fully saturated rings. The molecule has 0 unspecified atom stereocenters. The molecule has 0 aromatic heterocycles. The Labute approximate surface area is 127 Å². The third-order valence-electron chi connectivity index (χ3n) is 3.24. The molecule has 2 heteroatoms. The summed E-state index contributed by atoms with van der Waals surface area (Å²) < 4.78 is 0. The molecule has 0 bridgehead atoms. The minimum absolute atomic E-state index is 0.727. The molecule has 0 aliphatic heterocycles. The lowest BCUT2D eigenvalue weighted by atomic mass is 10.1. The van der Waals surface area contributed by atoms with Crippen LogP contribution in [0.5, 0.6) is 0 Å². The number of rotatable bonds is 11. The number of nitrogens with zero attached hydrogens (tertiary/aromatic N) is 2. The van der Waals surface area contributed by atoms with Gasteiger partial charge in [0.2, 0.25) is 0 Å². The van der Waals surface area contributed by atoms with E-state index < -0.39 is 0 Å². The van der Waals surface area contributed by atoms with Gasteiger partial charge in [-0.15, -0.1) is 0 Å². The minimum Gasteiger partial charge on any atom is -0.294 e. The zero-order valence-electron chi connectivity index (χ0n) is 14.7. The van der Waals surface area contributed by atoms with Gasteiger partial charge in [-0.05, 0) is 51.4 Å². The summed E-state index contributed by atoms with van der Waals surface area (Å²) >= 11 is 0. The fourth-order valence-corrected chi connectivity index (χ4v) is 2.43. The molecule has 0 heterocycles. The van der Waals surface area contributed by atoms with Crippen LogP contribution in [0.15, 0.2) is 9.98 Å². The van der Waals surface area contributed by atoms with E-state index in [2.05, 4.69) is 51.5 Å². The van der Waals surface area contributed by atoms with Gasteiger partial charge >= 0.3 is 0 Å². The van der Waals surface area contributed by atoms with Crippen LogP contribution < -0.4 is 0 Å². The summed E-state index contributed by atoms with van der Waals surface area (Å²) in [5.41, 5.74) is 2.63. The second kappa shape index (κ2) is 12.1. The molecule has 0 atom stereocenters. The van der Waals surface area contributed by atoms with Gasteiger partial charge in [-0.3, -0.25) is 9.98 Å². The molecule has 0 rings (SSSR count). The van der Waals surface area contributed by atoms with Crippen LogP contribution >= 0.6 is 0 Å². The van der Waals surface area contributed by atoms with Crippen LogP contribution in [0.2, 0.25) is 0 Å². The van der Waals surface area contributed by atoms with Gasteiger partial charge in [-0.25, -0.2) is 0 Å². The molecule has 118 valence electrons. The molecule has 0 aliphatic carbocycles. The quantitative estimate of drug-likeness (QED) is 0.349. The van der Waals surface area contributed by atoms with Gasteiger partial charge in [0.1, 0.15) is 0 Å². The van der Waals surface area contributed by atoms with Gasteiger partial charge in [0.25, 0.3) is 0 Å². The average molecular weight is 280 g/mol. The highest BCUT2D eigenvalue weighted by atomic mass is 14.7. The molecule has 2 nitrogen and oxygen atoms in total. The highest BCUT2D eigenvalue weighted by Gasteiger charge is 1.97. The van der Waals surface area contributed by atoms with E-state index in [1.807, 2.05) is 0 Å². The lowest BCUT2D eigenvalue weighted by molar-refractivity contribution is 0.644. The van der Waals surface area contributed by atoms with E-state index in [1.54, 1.807) is 0 Å². The van der Waals surface area contributed by atoms with Crippen molar-refractivity contribution in [2.75, 3.05) is 13.1 Å². The van der Waals surface area contributed by atoms with Crippen molar-refractivity contribution in [1.82, 2.24) is 0 Å². The normalized spacial score (nSPS) is 13.6. The van der Waals surface area contributed by atoms with Gasteiger partial charge < -0.3 is 0 Å². The van der Waals surface area contributed by atoms with Gasteiger partial charge in [0.15, 0.2) is 0 Å². The van der Waals surface area contributed by atoms with Crippen LogP contribution in [0, 0.1) is 11.8 Å². The molecular weight excluding hydrogens is 244 g/mol. The molecule has 0 aromatic rings. The first kappa shape index (κ1) is 19.3. The predicted octanol–water partition coefficient (Wildman–Crippen LogP) is 5.56. The minimum atomic E-state index is 0.727. The lowest BCUT2D eigenvalue weighted by Crippen LogP contribution is -2.00. The Morgan fingerprint density at radius 1 is 0.650 bits per heavy atom. The highest BCUT2D eigenvalue weighted by molar-refractivity contribution is 5.82. The van der Waals surface area contributed by atoms with E-state index >= 15 is 0 Å². The van der Waals surface area contributed by atoms with Crippen molar-refractivity contribution in [2.24, 2.45) is 21.8 Å². The van der Waals surface area contributed by atoms with Crippen molar-refractivity contribution >= 4 is 11.4 Å². The monoisotopic (exact) mass is 280 g/mol. The Bertz CT molecular complexity index is 258. The van der Waals surface area contributed by atoms with Crippen LogP contribution in [-0.4, -0.2) is 24.5 Å². The maximum absolute atomic E-state index is 4.63. The number of hydrogen-bond acceptors (Lipinski definition) is 2. The topological polar surface area (TPSA) is 24.7 Å². The maximum Gasteiger partial charge on any atom is 0.0388 e. The third-order valence-corrected chi connectivity index (χ3v) is 3.24. The van der Waals surface area contributed by atoms with Gasteiger partial charge in [0.05, 0.1) is 0 Å². The summed E-state index contributed by atoms with van der Waals surface area (Å²) in [6, 6.07) is 0. The summed E-state index contributed by atoms with van der Waals surface area (Å²) in [6.07, 6.45) is 7.32. The standard InChI is InChI=1S/C18H36N2/c1-15(2)13-17(5)19-11-9-7-8-10-12-20-18(6)14-16(3)4/h15-16H,7-14H2,1-6H3/b19-17-,20-18-. The SMILES string of the molecule is C/C(CC(C)C)=N/CCCCCC/N=C(/C)CC(C)C. The van der Waals surface area contributed by atoms with E-state index in [9.17, 15) is 0 Å². The summed E-state index contributed by atoms with van der Waals surface area (Å²) in [7, 11) is 0. The summed E-state index contributed by atoms with van der Waals surface area (Å²) in [5, 5.41) is 0. The fraction of sp³-hybridized carbons (Fsp3) is 0.889. The van der Waals surface area contributed by atoms with Crippen molar-refractivity contribution in [3.63, 3.8) is 0 Å². The van der Waals surface area contributed by atoms with E-state index in [0.29, 0.717) is 0 Å². The zero-order chi connectivity index (χ0) is 15.4. The number of hydrogen-bond donors (Lipinski definition) is 0. The molecule has 0 spiro atoms. The van der Waals surface area contributed by atoms with Gasteiger partial charge in [-0.1, -0.05) is 40.5 Å². The van der Waals surface area contributed by atoms with E-state index in [1.165, 1.54) is 37.1 Å². The zero-order valence-corrected chi connectivity index (χ0v) is 14.7. The smallest absolute Gasteiger partial charge is 0.0388 e. The van der Waals surface area contributed by atoms with E-state index in [-0.39, 0.29) is 0 Å². The molecule has 0 radical (unpaired) electrons. The molecule has 0 aromatic carbocycles. The molecule has 0 aliphatic rings. The molecular formula is C18H36N2. The molecule has 0 saturated carbocycles. The average Bonchev–Trinajstić information content (AvgIpc) is 2.30. The molecule has 0 amide bonds. The van der Waals surface area contributed by atoms with E-state index in [4.69, 9.17) is 0 Å². The number of unbranched alkanes of at least 4 members (excludes halogenated alkanes) is 3. The Morgan fingerprint density at radius 2 is 1.00 bits per heavy atom. The first-order valence-corrected chi connectivity index (χ1v) is 8.41. The number of aliphatic imine (C=N–C) groups is 2. The molecule has 0 saturated heterocycles. The predicted molar refractivity (Wildman–Crippen MR) is 93.3 cm³/mol. The first-order chi connectivity index (χ1) is 9.41.